The Morgan fingerprint density at radius 1 is 1.03 bits per heavy atom. The van der Waals surface area contributed by atoms with E-state index in [0.29, 0.717) is 50.6 Å². The molecular weight excluding hydrogens is 388 g/mol. The van der Waals surface area contributed by atoms with Crippen molar-refractivity contribution in [3.05, 3.63) is 58.1 Å². The third-order valence-corrected chi connectivity index (χ3v) is 5.13. The zero-order chi connectivity index (χ0) is 21.5. The van der Waals surface area contributed by atoms with Crippen LogP contribution < -0.4 is 19.7 Å². The molecule has 0 unspecified atom stereocenters. The third-order valence-electron chi connectivity index (χ3n) is 5.13. The molecule has 0 saturated carbocycles. The number of anilines is 1. The molecule has 9 nitrogen and oxygen atoms in total. The Morgan fingerprint density at radius 2 is 1.70 bits per heavy atom. The molecule has 1 saturated heterocycles. The number of urea groups is 1. The highest BCUT2D eigenvalue weighted by Gasteiger charge is 2.21. The molecule has 1 N–H and O–H groups in total. The SMILES string of the molecule is COc1ccc(CCNC(=O)N2CCN(c3ccc([N+](=O)[O-])cc3)CC2)cc1OC. The van der Waals surface area contributed by atoms with Crippen LogP contribution in [0.3, 0.4) is 0 Å². The van der Waals surface area contributed by atoms with Gasteiger partial charge in [-0.3, -0.25) is 10.1 Å². The van der Waals surface area contributed by atoms with E-state index in [1.165, 1.54) is 12.1 Å². The highest BCUT2D eigenvalue weighted by atomic mass is 16.6. The van der Waals surface area contributed by atoms with Crippen molar-refractivity contribution in [3.63, 3.8) is 0 Å². The Hall–Kier alpha value is -3.49. The maximum atomic E-state index is 12.5. The lowest BCUT2D eigenvalue weighted by molar-refractivity contribution is -0.384. The van der Waals surface area contributed by atoms with Gasteiger partial charge in [0, 0.05) is 50.5 Å². The largest absolute Gasteiger partial charge is 0.493 e. The molecular formula is C21H26N4O5. The zero-order valence-corrected chi connectivity index (χ0v) is 17.2. The van der Waals surface area contributed by atoms with Gasteiger partial charge in [0.2, 0.25) is 0 Å². The fraction of sp³-hybridized carbons (Fsp3) is 0.381. The number of non-ortho nitro benzene ring substituents is 1. The molecule has 1 aliphatic rings. The van der Waals surface area contributed by atoms with Crippen molar-refractivity contribution in [1.29, 1.82) is 0 Å². The number of hydrogen-bond acceptors (Lipinski definition) is 6. The Bertz CT molecular complexity index is 879. The first-order valence-corrected chi connectivity index (χ1v) is 9.75. The Morgan fingerprint density at radius 3 is 2.30 bits per heavy atom. The molecule has 0 atom stereocenters. The second-order valence-electron chi connectivity index (χ2n) is 6.92. The van der Waals surface area contributed by atoms with Gasteiger partial charge in [0.25, 0.3) is 5.69 Å². The van der Waals surface area contributed by atoms with Crippen molar-refractivity contribution in [3.8, 4) is 11.5 Å². The molecule has 3 rings (SSSR count). The predicted octanol–water partition coefficient (Wildman–Crippen LogP) is 2.69. The predicted molar refractivity (Wildman–Crippen MR) is 114 cm³/mol. The number of nitrogens with zero attached hydrogens (tertiary/aromatic N) is 3. The molecule has 9 heteroatoms. The molecule has 0 aliphatic carbocycles. The molecule has 1 heterocycles. The van der Waals surface area contributed by atoms with E-state index in [1.54, 1.807) is 31.3 Å². The van der Waals surface area contributed by atoms with E-state index in [-0.39, 0.29) is 11.7 Å². The Labute approximate surface area is 175 Å². The van der Waals surface area contributed by atoms with Crippen molar-refractivity contribution in [1.82, 2.24) is 10.2 Å². The maximum absolute atomic E-state index is 12.5. The summed E-state index contributed by atoms with van der Waals surface area (Å²) in [6.07, 6.45) is 0.689. The number of piperazine rings is 1. The first-order chi connectivity index (χ1) is 14.5. The van der Waals surface area contributed by atoms with Gasteiger partial charge in [-0.05, 0) is 36.2 Å². The van der Waals surface area contributed by atoms with E-state index >= 15 is 0 Å². The fourth-order valence-corrected chi connectivity index (χ4v) is 3.41. The number of nitrogens with one attached hydrogen (secondary N) is 1. The maximum Gasteiger partial charge on any atom is 0.317 e. The summed E-state index contributed by atoms with van der Waals surface area (Å²) in [7, 11) is 3.19. The average Bonchev–Trinajstić information content (AvgIpc) is 2.79. The van der Waals surface area contributed by atoms with Gasteiger partial charge in [-0.1, -0.05) is 6.07 Å². The second kappa shape index (κ2) is 9.82. The van der Waals surface area contributed by atoms with Gasteiger partial charge in [-0.25, -0.2) is 4.79 Å². The van der Waals surface area contributed by atoms with E-state index in [0.717, 1.165) is 11.3 Å². The highest BCUT2D eigenvalue weighted by Crippen LogP contribution is 2.27. The van der Waals surface area contributed by atoms with E-state index in [4.69, 9.17) is 9.47 Å². The van der Waals surface area contributed by atoms with E-state index < -0.39 is 4.92 Å². The minimum atomic E-state index is -0.409. The number of carbonyl (C=O) groups is 1. The Balaban J connectivity index is 1.44. The standard InChI is InChI=1S/C21H26N4O5/c1-29-19-8-3-16(15-20(19)30-2)9-10-22-21(26)24-13-11-23(12-14-24)17-4-6-18(7-5-17)25(27)28/h3-8,15H,9-14H2,1-2H3,(H,22,26). The first kappa shape index (κ1) is 21.2. The van der Waals surface area contributed by atoms with Gasteiger partial charge in [0.15, 0.2) is 11.5 Å². The highest BCUT2D eigenvalue weighted by molar-refractivity contribution is 5.74. The molecule has 0 bridgehead atoms. The molecule has 0 spiro atoms. The van der Waals surface area contributed by atoms with Crippen molar-refractivity contribution in [2.45, 2.75) is 6.42 Å². The molecule has 30 heavy (non-hydrogen) atoms. The van der Waals surface area contributed by atoms with Gasteiger partial charge < -0.3 is 24.6 Å². The van der Waals surface area contributed by atoms with Crippen LogP contribution in [-0.4, -0.2) is 62.8 Å². The summed E-state index contributed by atoms with van der Waals surface area (Å²) < 4.78 is 10.5. The average molecular weight is 414 g/mol. The molecule has 2 aromatic rings. The summed E-state index contributed by atoms with van der Waals surface area (Å²) >= 11 is 0. The third kappa shape index (κ3) is 5.11. The van der Waals surface area contributed by atoms with Gasteiger partial charge >= 0.3 is 6.03 Å². The second-order valence-corrected chi connectivity index (χ2v) is 6.92. The van der Waals surface area contributed by atoms with E-state index in [2.05, 4.69) is 10.2 Å². The van der Waals surface area contributed by atoms with Gasteiger partial charge in [-0.2, -0.15) is 0 Å². The summed E-state index contributed by atoms with van der Waals surface area (Å²) in [5.74, 6) is 1.35. The number of ether oxygens (including phenoxy) is 2. The molecule has 2 aromatic carbocycles. The summed E-state index contributed by atoms with van der Waals surface area (Å²) in [4.78, 5) is 26.7. The topological polar surface area (TPSA) is 97.2 Å². The molecule has 0 radical (unpaired) electrons. The van der Waals surface area contributed by atoms with Crippen molar-refractivity contribution in [2.24, 2.45) is 0 Å². The number of rotatable bonds is 7. The minimum absolute atomic E-state index is 0.0752. The Kier molecular flexibility index (Phi) is 6.95. The van der Waals surface area contributed by atoms with Crippen LogP contribution in [-0.2, 0) is 6.42 Å². The summed E-state index contributed by atoms with van der Waals surface area (Å²) in [6, 6.07) is 12.1. The molecule has 1 aliphatic heterocycles. The van der Waals surface area contributed by atoms with Crippen LogP contribution in [0.1, 0.15) is 5.56 Å². The normalized spacial score (nSPS) is 13.7. The minimum Gasteiger partial charge on any atom is -0.493 e. The van der Waals surface area contributed by atoms with Crippen molar-refractivity contribution in [2.75, 3.05) is 51.8 Å². The van der Waals surface area contributed by atoms with Crippen LogP contribution in [0.5, 0.6) is 11.5 Å². The van der Waals surface area contributed by atoms with Crippen LogP contribution in [0.25, 0.3) is 0 Å². The fourth-order valence-electron chi connectivity index (χ4n) is 3.41. The number of hydrogen-bond donors (Lipinski definition) is 1. The van der Waals surface area contributed by atoms with Crippen LogP contribution in [0.2, 0.25) is 0 Å². The number of nitro groups is 1. The first-order valence-electron chi connectivity index (χ1n) is 9.75. The number of carbonyl (C=O) groups excluding carboxylic acids is 1. The van der Waals surface area contributed by atoms with Crippen molar-refractivity contribution >= 4 is 17.4 Å². The lowest BCUT2D eigenvalue weighted by Crippen LogP contribution is -2.52. The quantitative estimate of drug-likeness (QED) is 0.553. The monoisotopic (exact) mass is 414 g/mol. The van der Waals surface area contributed by atoms with Crippen LogP contribution in [0, 0.1) is 10.1 Å². The van der Waals surface area contributed by atoms with Gasteiger partial charge in [0.1, 0.15) is 0 Å². The number of methoxy groups -OCH3 is 2. The number of amides is 2. The van der Waals surface area contributed by atoms with Gasteiger partial charge in [0.05, 0.1) is 19.1 Å². The molecule has 160 valence electrons. The number of nitro benzene ring substituents is 1. The van der Waals surface area contributed by atoms with E-state index in [1.807, 2.05) is 18.2 Å². The molecule has 0 aromatic heterocycles. The van der Waals surface area contributed by atoms with Crippen LogP contribution >= 0.6 is 0 Å². The van der Waals surface area contributed by atoms with Crippen LogP contribution in [0.4, 0.5) is 16.2 Å². The lowest BCUT2D eigenvalue weighted by atomic mass is 10.1. The van der Waals surface area contributed by atoms with Crippen molar-refractivity contribution < 1.29 is 19.2 Å². The van der Waals surface area contributed by atoms with E-state index in [9.17, 15) is 14.9 Å². The summed E-state index contributed by atoms with van der Waals surface area (Å²) in [6.45, 7) is 3.08. The lowest BCUT2D eigenvalue weighted by Gasteiger charge is -2.36. The smallest absolute Gasteiger partial charge is 0.317 e. The summed E-state index contributed by atoms with van der Waals surface area (Å²) in [5.41, 5.74) is 2.05. The van der Waals surface area contributed by atoms with Crippen LogP contribution in [0.15, 0.2) is 42.5 Å². The molecule has 1 fully saturated rings. The summed E-state index contributed by atoms with van der Waals surface area (Å²) in [5, 5.41) is 13.7. The number of benzene rings is 2. The zero-order valence-electron chi connectivity index (χ0n) is 17.2. The van der Waals surface area contributed by atoms with Gasteiger partial charge in [-0.15, -0.1) is 0 Å². The molecule has 2 amide bonds.